The van der Waals surface area contributed by atoms with Gasteiger partial charge in [0.25, 0.3) is 5.91 Å². The molecule has 1 unspecified atom stereocenters. The zero-order chi connectivity index (χ0) is 25.0. The fraction of sp³-hybridized carbons (Fsp3) is 0.393. The average Bonchev–Trinajstić information content (AvgIpc) is 3.38. The molecule has 2 saturated heterocycles. The lowest BCUT2D eigenvalue weighted by atomic mass is 9.87. The van der Waals surface area contributed by atoms with Crippen LogP contribution in [0.3, 0.4) is 0 Å². The Morgan fingerprint density at radius 2 is 1.83 bits per heavy atom. The molecular weight excluding hydrogens is 459 g/mol. The van der Waals surface area contributed by atoms with Gasteiger partial charge in [0, 0.05) is 43.8 Å². The predicted molar refractivity (Wildman–Crippen MR) is 133 cm³/mol. The van der Waals surface area contributed by atoms with Crippen LogP contribution in [-0.2, 0) is 29.7 Å². The molecule has 3 aliphatic rings. The van der Waals surface area contributed by atoms with E-state index in [0.717, 1.165) is 38.0 Å². The fourth-order valence-corrected chi connectivity index (χ4v) is 5.99. The summed E-state index contributed by atoms with van der Waals surface area (Å²) in [6.07, 6.45) is 4.28. The van der Waals surface area contributed by atoms with E-state index >= 15 is 4.39 Å². The van der Waals surface area contributed by atoms with E-state index in [9.17, 15) is 14.4 Å². The summed E-state index contributed by atoms with van der Waals surface area (Å²) in [5.41, 5.74) is 4.26. The molecule has 8 heteroatoms. The number of imide groups is 1. The van der Waals surface area contributed by atoms with Crippen molar-refractivity contribution in [2.24, 2.45) is 7.05 Å². The lowest BCUT2D eigenvalue weighted by Crippen LogP contribution is -2.52. The summed E-state index contributed by atoms with van der Waals surface area (Å²) in [7, 11) is 2.06. The molecule has 3 aliphatic heterocycles. The van der Waals surface area contributed by atoms with Crippen molar-refractivity contribution >= 4 is 28.6 Å². The lowest BCUT2D eigenvalue weighted by molar-refractivity contribution is -0.136. The Kier molecular flexibility index (Phi) is 5.63. The van der Waals surface area contributed by atoms with Crippen LogP contribution in [0.4, 0.5) is 4.39 Å². The number of rotatable bonds is 4. The van der Waals surface area contributed by atoms with Gasteiger partial charge in [-0.1, -0.05) is 18.2 Å². The minimum absolute atomic E-state index is 0.0988. The zero-order valence-corrected chi connectivity index (χ0v) is 20.3. The molecule has 3 aromatic rings. The zero-order valence-electron chi connectivity index (χ0n) is 20.3. The Labute approximate surface area is 208 Å². The molecule has 0 saturated carbocycles. The van der Waals surface area contributed by atoms with Crippen molar-refractivity contribution in [3.63, 3.8) is 0 Å². The molecule has 0 aliphatic carbocycles. The summed E-state index contributed by atoms with van der Waals surface area (Å²) in [6.45, 7) is 2.91. The molecule has 0 bridgehead atoms. The third-order valence-corrected chi connectivity index (χ3v) is 8.03. The van der Waals surface area contributed by atoms with Gasteiger partial charge in [0.15, 0.2) is 0 Å². The first kappa shape index (κ1) is 22.9. The van der Waals surface area contributed by atoms with Crippen LogP contribution in [0.25, 0.3) is 10.9 Å². The highest BCUT2D eigenvalue weighted by atomic mass is 19.1. The SMILES string of the molecule is Cn1ccc2ccc(CN3CCC(c4cc5c(cc4F)C(=O)N(C4CCC(=O)NC4=O)C5)CC3)cc21. The number of carbonyl (C=O) groups excluding carboxylic acids is 3. The Bertz CT molecular complexity index is 1390. The number of hydrogen-bond donors (Lipinski definition) is 1. The number of halogens is 1. The van der Waals surface area contributed by atoms with Gasteiger partial charge in [-0.05, 0) is 78.5 Å². The van der Waals surface area contributed by atoms with Crippen molar-refractivity contribution in [1.29, 1.82) is 0 Å². The van der Waals surface area contributed by atoms with Crippen LogP contribution in [0.1, 0.15) is 58.6 Å². The van der Waals surface area contributed by atoms with E-state index in [4.69, 9.17) is 0 Å². The van der Waals surface area contributed by atoms with Crippen LogP contribution in [-0.4, -0.2) is 51.2 Å². The molecule has 0 spiro atoms. The van der Waals surface area contributed by atoms with Crippen LogP contribution < -0.4 is 5.32 Å². The number of hydrogen-bond acceptors (Lipinski definition) is 4. The average molecular weight is 489 g/mol. The second kappa shape index (κ2) is 8.85. The fourth-order valence-electron chi connectivity index (χ4n) is 5.99. The van der Waals surface area contributed by atoms with E-state index in [1.807, 2.05) is 6.07 Å². The highest BCUT2D eigenvalue weighted by Crippen LogP contribution is 2.35. The number of aromatic nitrogens is 1. The van der Waals surface area contributed by atoms with Gasteiger partial charge < -0.3 is 9.47 Å². The van der Waals surface area contributed by atoms with E-state index in [1.54, 1.807) is 0 Å². The Morgan fingerprint density at radius 3 is 2.61 bits per heavy atom. The third-order valence-electron chi connectivity index (χ3n) is 8.03. The molecule has 36 heavy (non-hydrogen) atoms. The van der Waals surface area contributed by atoms with E-state index in [2.05, 4.69) is 52.3 Å². The molecule has 3 amide bonds. The van der Waals surface area contributed by atoms with Gasteiger partial charge in [0.05, 0.1) is 0 Å². The van der Waals surface area contributed by atoms with Crippen LogP contribution in [0.5, 0.6) is 0 Å². The quantitative estimate of drug-likeness (QED) is 0.571. The number of benzene rings is 2. The van der Waals surface area contributed by atoms with Crippen LogP contribution in [0.15, 0.2) is 42.6 Å². The second-order valence-corrected chi connectivity index (χ2v) is 10.3. The third kappa shape index (κ3) is 3.99. The molecule has 7 nitrogen and oxygen atoms in total. The van der Waals surface area contributed by atoms with Crippen molar-refractivity contribution in [2.45, 2.75) is 50.7 Å². The van der Waals surface area contributed by atoms with E-state index in [-0.39, 0.29) is 36.5 Å². The molecule has 1 aromatic heterocycles. The van der Waals surface area contributed by atoms with Gasteiger partial charge in [-0.2, -0.15) is 0 Å². The molecule has 186 valence electrons. The summed E-state index contributed by atoms with van der Waals surface area (Å²) in [4.78, 5) is 40.6. The lowest BCUT2D eigenvalue weighted by Gasteiger charge is -2.32. The number of carbonyl (C=O) groups is 3. The van der Waals surface area contributed by atoms with Crippen LogP contribution >= 0.6 is 0 Å². The van der Waals surface area contributed by atoms with Crippen molar-refractivity contribution in [2.75, 3.05) is 13.1 Å². The maximum absolute atomic E-state index is 15.2. The van der Waals surface area contributed by atoms with Gasteiger partial charge in [-0.3, -0.25) is 24.6 Å². The van der Waals surface area contributed by atoms with E-state index in [0.29, 0.717) is 17.5 Å². The minimum Gasteiger partial charge on any atom is -0.351 e. The first-order chi connectivity index (χ1) is 17.4. The summed E-state index contributed by atoms with van der Waals surface area (Å²) >= 11 is 0. The van der Waals surface area contributed by atoms with Gasteiger partial charge in [0.2, 0.25) is 11.8 Å². The number of amides is 3. The standard InChI is InChI=1S/C28H29FN4O3/c1-31-9-6-19-3-2-17(12-25(19)31)15-32-10-7-18(8-11-32)21-13-20-16-33(28(36)22(20)14-23(21)29)24-4-5-26(34)30-27(24)35/h2-3,6,9,12-14,18,24H,4-5,7-8,10-11,15-16H2,1H3,(H,30,34,35). The molecule has 1 atom stereocenters. The molecule has 6 rings (SSSR count). The number of nitrogens with one attached hydrogen (secondary N) is 1. The summed E-state index contributed by atoms with van der Waals surface area (Å²) < 4.78 is 17.3. The van der Waals surface area contributed by atoms with E-state index in [1.165, 1.54) is 27.4 Å². The predicted octanol–water partition coefficient (Wildman–Crippen LogP) is 3.46. The topological polar surface area (TPSA) is 74.7 Å². The Morgan fingerprint density at radius 1 is 1.03 bits per heavy atom. The van der Waals surface area contributed by atoms with Gasteiger partial charge in [-0.15, -0.1) is 0 Å². The molecule has 2 aromatic carbocycles. The van der Waals surface area contributed by atoms with Crippen molar-refractivity contribution in [3.8, 4) is 0 Å². The highest BCUT2D eigenvalue weighted by Gasteiger charge is 2.40. The van der Waals surface area contributed by atoms with Crippen molar-refractivity contribution in [3.05, 3.63) is 70.7 Å². The summed E-state index contributed by atoms with van der Waals surface area (Å²) in [5, 5.41) is 3.55. The van der Waals surface area contributed by atoms with Crippen LogP contribution in [0, 0.1) is 5.82 Å². The molecule has 0 radical (unpaired) electrons. The Hall–Kier alpha value is -3.52. The normalized spacial score (nSPS) is 21.3. The van der Waals surface area contributed by atoms with Crippen molar-refractivity contribution < 1.29 is 18.8 Å². The summed E-state index contributed by atoms with van der Waals surface area (Å²) in [5.74, 6) is -1.36. The monoisotopic (exact) mass is 488 g/mol. The van der Waals surface area contributed by atoms with Crippen LogP contribution in [0.2, 0.25) is 0 Å². The highest BCUT2D eigenvalue weighted by molar-refractivity contribution is 6.05. The number of piperidine rings is 2. The maximum atomic E-state index is 15.2. The number of fused-ring (bicyclic) bond motifs is 2. The molecule has 2 fully saturated rings. The maximum Gasteiger partial charge on any atom is 0.255 e. The largest absolute Gasteiger partial charge is 0.351 e. The summed E-state index contributed by atoms with van der Waals surface area (Å²) in [6, 6.07) is 11.2. The van der Waals surface area contributed by atoms with Crippen molar-refractivity contribution in [1.82, 2.24) is 19.7 Å². The first-order valence-electron chi connectivity index (χ1n) is 12.6. The van der Waals surface area contributed by atoms with Gasteiger partial charge in [0.1, 0.15) is 11.9 Å². The minimum atomic E-state index is -0.688. The number of nitrogens with zero attached hydrogens (tertiary/aromatic N) is 3. The number of aryl methyl sites for hydroxylation is 1. The molecular formula is C28H29FN4O3. The molecule has 4 heterocycles. The van der Waals surface area contributed by atoms with Gasteiger partial charge in [-0.25, -0.2) is 4.39 Å². The second-order valence-electron chi connectivity index (χ2n) is 10.3. The smallest absolute Gasteiger partial charge is 0.255 e. The van der Waals surface area contributed by atoms with E-state index < -0.39 is 11.9 Å². The Balaban J connectivity index is 1.13. The number of likely N-dealkylation sites (tertiary alicyclic amines) is 1. The first-order valence-corrected chi connectivity index (χ1v) is 12.6. The van der Waals surface area contributed by atoms with Gasteiger partial charge >= 0.3 is 0 Å². The molecule has 1 N–H and O–H groups in total.